The van der Waals surface area contributed by atoms with Crippen molar-refractivity contribution in [1.82, 2.24) is 14.9 Å². The van der Waals surface area contributed by atoms with Gasteiger partial charge in [0.2, 0.25) is 0 Å². The van der Waals surface area contributed by atoms with Crippen LogP contribution in [-0.4, -0.2) is 38.5 Å². The number of aliphatic hydroxyl groups excluding tert-OH is 1. The third-order valence-corrected chi connectivity index (χ3v) is 3.68. The molecule has 0 aromatic carbocycles. The summed E-state index contributed by atoms with van der Waals surface area (Å²) < 4.78 is 0. The van der Waals surface area contributed by atoms with Gasteiger partial charge in [0.05, 0.1) is 12.2 Å². The van der Waals surface area contributed by atoms with E-state index in [1.807, 2.05) is 20.0 Å². The van der Waals surface area contributed by atoms with Gasteiger partial charge >= 0.3 is 0 Å². The van der Waals surface area contributed by atoms with Crippen LogP contribution < -0.4 is 0 Å². The van der Waals surface area contributed by atoms with Crippen molar-refractivity contribution in [2.24, 2.45) is 5.92 Å². The van der Waals surface area contributed by atoms with Crippen LogP contribution in [0, 0.1) is 5.92 Å². The Morgan fingerprint density at radius 3 is 2.65 bits per heavy atom. The van der Waals surface area contributed by atoms with Gasteiger partial charge in [0.15, 0.2) is 0 Å². The van der Waals surface area contributed by atoms with E-state index in [0.717, 1.165) is 23.5 Å². The number of rotatable bonds is 3. The third kappa shape index (κ3) is 2.98. The van der Waals surface area contributed by atoms with Crippen LogP contribution in [0.5, 0.6) is 0 Å². The highest BCUT2D eigenvalue weighted by molar-refractivity contribution is 5.81. The lowest BCUT2D eigenvalue weighted by molar-refractivity contribution is -0.143. The highest BCUT2D eigenvalue weighted by atomic mass is 16.3. The molecule has 0 saturated carbocycles. The second-order valence-corrected chi connectivity index (χ2v) is 6.05. The van der Waals surface area contributed by atoms with E-state index in [4.69, 9.17) is 0 Å². The number of hydrogen-bond donors (Lipinski definition) is 1. The number of carbonyl (C=O) groups is 1. The van der Waals surface area contributed by atoms with Crippen LogP contribution in [-0.2, 0) is 17.8 Å². The second kappa shape index (κ2) is 5.87. The lowest BCUT2D eigenvalue weighted by Crippen LogP contribution is -2.44. The summed E-state index contributed by atoms with van der Waals surface area (Å²) in [5.41, 5.74) is 2.02. The molecule has 110 valence electrons. The summed E-state index contributed by atoms with van der Waals surface area (Å²) in [5, 5.41) is 9.91. The molecule has 0 radical (unpaired) electrons. The average molecular weight is 277 g/mol. The maximum absolute atomic E-state index is 12.2. The maximum atomic E-state index is 12.2. The normalized spacial score (nSPS) is 16.4. The fourth-order valence-electron chi connectivity index (χ4n) is 2.26. The monoisotopic (exact) mass is 277 g/mol. The van der Waals surface area contributed by atoms with Crippen molar-refractivity contribution >= 4 is 5.91 Å². The summed E-state index contributed by atoms with van der Waals surface area (Å²) in [6, 6.07) is 0. The van der Waals surface area contributed by atoms with Gasteiger partial charge in [-0.3, -0.25) is 4.79 Å². The van der Waals surface area contributed by atoms with E-state index >= 15 is 0 Å². The SMILES string of the molecule is CC(C)c1ncc2c(n1)CN(C(=O)[C@@H](O)C(C)C)CC2. The maximum Gasteiger partial charge on any atom is 0.252 e. The van der Waals surface area contributed by atoms with E-state index in [-0.39, 0.29) is 17.7 Å². The van der Waals surface area contributed by atoms with Gasteiger partial charge < -0.3 is 10.0 Å². The predicted octanol–water partition coefficient (Wildman–Crippen LogP) is 1.50. The molecule has 5 heteroatoms. The van der Waals surface area contributed by atoms with E-state index in [1.54, 1.807) is 4.90 Å². The number of amides is 1. The first-order valence-corrected chi connectivity index (χ1v) is 7.21. The summed E-state index contributed by atoms with van der Waals surface area (Å²) in [4.78, 5) is 22.8. The van der Waals surface area contributed by atoms with Crippen molar-refractivity contribution in [3.8, 4) is 0 Å². The van der Waals surface area contributed by atoms with Crippen LogP contribution in [0.4, 0.5) is 0 Å². The molecule has 0 unspecified atom stereocenters. The van der Waals surface area contributed by atoms with Crippen LogP contribution in [0.1, 0.15) is 50.7 Å². The lowest BCUT2D eigenvalue weighted by atomic mass is 10.0. The fraction of sp³-hybridized carbons (Fsp3) is 0.667. The number of aromatic nitrogens is 2. The lowest BCUT2D eigenvalue weighted by Gasteiger charge is -2.30. The molecule has 2 heterocycles. The first-order valence-electron chi connectivity index (χ1n) is 7.21. The Morgan fingerprint density at radius 1 is 1.35 bits per heavy atom. The van der Waals surface area contributed by atoms with Gasteiger partial charge in [-0.05, 0) is 17.9 Å². The molecular weight excluding hydrogens is 254 g/mol. The quantitative estimate of drug-likeness (QED) is 0.909. The topological polar surface area (TPSA) is 66.3 Å². The minimum atomic E-state index is -0.928. The molecule has 5 nitrogen and oxygen atoms in total. The zero-order chi connectivity index (χ0) is 14.9. The fourth-order valence-corrected chi connectivity index (χ4v) is 2.26. The molecule has 0 bridgehead atoms. The van der Waals surface area contributed by atoms with Crippen molar-refractivity contribution in [1.29, 1.82) is 0 Å². The molecule has 1 aliphatic rings. The third-order valence-electron chi connectivity index (χ3n) is 3.68. The minimum absolute atomic E-state index is 0.0690. The van der Waals surface area contributed by atoms with Crippen molar-refractivity contribution in [2.75, 3.05) is 6.54 Å². The largest absolute Gasteiger partial charge is 0.383 e. The van der Waals surface area contributed by atoms with Gasteiger partial charge in [-0.2, -0.15) is 0 Å². The number of nitrogens with zero attached hydrogens (tertiary/aromatic N) is 3. The zero-order valence-corrected chi connectivity index (χ0v) is 12.6. The molecule has 0 saturated heterocycles. The standard InChI is InChI=1S/C15H23N3O2/c1-9(2)13(19)15(20)18-6-5-11-7-16-14(10(3)4)17-12(11)8-18/h7,9-10,13,19H,5-6,8H2,1-4H3/t13-/m0/s1. The number of fused-ring (bicyclic) bond motifs is 1. The predicted molar refractivity (Wildman–Crippen MR) is 76.1 cm³/mol. The van der Waals surface area contributed by atoms with Gasteiger partial charge in [-0.25, -0.2) is 9.97 Å². The molecule has 1 aromatic rings. The van der Waals surface area contributed by atoms with E-state index < -0.39 is 6.10 Å². The van der Waals surface area contributed by atoms with E-state index in [1.165, 1.54) is 0 Å². The summed E-state index contributed by atoms with van der Waals surface area (Å²) in [6.07, 6.45) is 1.70. The van der Waals surface area contributed by atoms with Crippen molar-refractivity contribution in [3.63, 3.8) is 0 Å². The Labute approximate surface area is 120 Å². The molecule has 0 aliphatic carbocycles. The number of hydrogen-bond acceptors (Lipinski definition) is 4. The molecule has 1 amide bonds. The summed E-state index contributed by atoms with van der Waals surface area (Å²) in [6.45, 7) is 8.89. The molecule has 1 aliphatic heterocycles. The number of carbonyl (C=O) groups excluding carboxylic acids is 1. The Morgan fingerprint density at radius 2 is 2.05 bits per heavy atom. The molecule has 20 heavy (non-hydrogen) atoms. The summed E-state index contributed by atoms with van der Waals surface area (Å²) in [7, 11) is 0. The molecule has 1 N–H and O–H groups in total. The van der Waals surface area contributed by atoms with Gasteiger partial charge in [0, 0.05) is 18.7 Å². The van der Waals surface area contributed by atoms with Crippen LogP contribution in [0.15, 0.2) is 6.20 Å². The molecule has 0 spiro atoms. The molecular formula is C15H23N3O2. The van der Waals surface area contributed by atoms with Crippen molar-refractivity contribution in [3.05, 3.63) is 23.3 Å². The molecule has 1 aromatic heterocycles. The highest BCUT2D eigenvalue weighted by Crippen LogP contribution is 2.20. The molecule has 0 fully saturated rings. The Hall–Kier alpha value is -1.49. The average Bonchev–Trinajstić information content (AvgIpc) is 2.44. The van der Waals surface area contributed by atoms with Gasteiger partial charge in [0.25, 0.3) is 5.91 Å². The highest BCUT2D eigenvalue weighted by Gasteiger charge is 2.28. The van der Waals surface area contributed by atoms with Crippen molar-refractivity contribution in [2.45, 2.75) is 52.7 Å². The van der Waals surface area contributed by atoms with E-state index in [2.05, 4.69) is 23.8 Å². The molecule has 2 rings (SSSR count). The van der Waals surface area contributed by atoms with E-state index in [9.17, 15) is 9.90 Å². The second-order valence-electron chi connectivity index (χ2n) is 6.05. The smallest absolute Gasteiger partial charge is 0.252 e. The van der Waals surface area contributed by atoms with E-state index in [0.29, 0.717) is 13.1 Å². The van der Waals surface area contributed by atoms with Gasteiger partial charge in [-0.1, -0.05) is 27.7 Å². The van der Waals surface area contributed by atoms with Gasteiger partial charge in [0.1, 0.15) is 11.9 Å². The van der Waals surface area contributed by atoms with Crippen LogP contribution >= 0.6 is 0 Å². The first-order chi connectivity index (χ1) is 9.40. The number of aliphatic hydroxyl groups is 1. The minimum Gasteiger partial charge on any atom is -0.383 e. The Bertz CT molecular complexity index is 500. The van der Waals surface area contributed by atoms with Gasteiger partial charge in [-0.15, -0.1) is 0 Å². The van der Waals surface area contributed by atoms with Crippen LogP contribution in [0.25, 0.3) is 0 Å². The van der Waals surface area contributed by atoms with Crippen LogP contribution in [0.2, 0.25) is 0 Å². The summed E-state index contributed by atoms with van der Waals surface area (Å²) in [5.74, 6) is 0.811. The summed E-state index contributed by atoms with van der Waals surface area (Å²) >= 11 is 0. The zero-order valence-electron chi connectivity index (χ0n) is 12.6. The van der Waals surface area contributed by atoms with Crippen LogP contribution in [0.3, 0.4) is 0 Å². The Kier molecular flexibility index (Phi) is 4.38. The molecule has 1 atom stereocenters. The Balaban J connectivity index is 2.17. The van der Waals surface area contributed by atoms with Crippen molar-refractivity contribution < 1.29 is 9.90 Å². The first kappa shape index (κ1) is 14.9.